The molecule has 1 N–H and O–H groups in total. The van der Waals surface area contributed by atoms with Gasteiger partial charge in [-0.1, -0.05) is 25.1 Å². The van der Waals surface area contributed by atoms with Gasteiger partial charge in [0, 0.05) is 24.7 Å². The molecular weight excluding hydrogens is 382 g/mol. The van der Waals surface area contributed by atoms with Crippen LogP contribution in [0, 0.1) is 0 Å². The van der Waals surface area contributed by atoms with Gasteiger partial charge in [0.15, 0.2) is 0 Å². The second-order valence-corrected chi connectivity index (χ2v) is 9.24. The molecule has 0 bridgehead atoms. The fourth-order valence-electron chi connectivity index (χ4n) is 3.91. The molecule has 2 aliphatic heterocycles. The number of carbonyl (C=O) groups is 1. The van der Waals surface area contributed by atoms with E-state index >= 15 is 0 Å². The molecule has 0 saturated carbocycles. The van der Waals surface area contributed by atoms with Crippen LogP contribution in [0.5, 0.6) is 5.75 Å². The Morgan fingerprint density at radius 2 is 2.07 bits per heavy atom. The molecule has 1 amide bonds. The summed E-state index contributed by atoms with van der Waals surface area (Å²) >= 11 is 1.58. The number of nitrogens with zero attached hydrogens (tertiary/aromatic N) is 2. The number of benzene rings is 1. The van der Waals surface area contributed by atoms with Crippen LogP contribution in [0.25, 0.3) is 0 Å². The maximum Gasteiger partial charge on any atom is 0.235 e. The number of rotatable bonds is 9. The van der Waals surface area contributed by atoms with E-state index in [0.717, 1.165) is 48.9 Å². The van der Waals surface area contributed by atoms with Gasteiger partial charge in [0.2, 0.25) is 5.91 Å². The van der Waals surface area contributed by atoms with Crippen LogP contribution in [0.3, 0.4) is 0 Å². The van der Waals surface area contributed by atoms with Gasteiger partial charge in [-0.05, 0) is 70.3 Å². The van der Waals surface area contributed by atoms with Gasteiger partial charge in [-0.3, -0.25) is 9.79 Å². The molecule has 1 saturated heterocycles. The van der Waals surface area contributed by atoms with E-state index in [0.29, 0.717) is 6.04 Å². The minimum absolute atomic E-state index is 0.00636. The molecule has 6 heteroatoms. The minimum Gasteiger partial charge on any atom is -0.494 e. The SMILES string of the molecule is CCCOc1ccc(C2=NC(C)C(C(=O)NCCCN3CCCCC3C)S2)cc1. The van der Waals surface area contributed by atoms with Gasteiger partial charge in [0.05, 0.1) is 17.7 Å². The van der Waals surface area contributed by atoms with E-state index in [1.165, 1.54) is 25.8 Å². The van der Waals surface area contributed by atoms with Crippen molar-refractivity contribution in [1.29, 1.82) is 0 Å². The fraction of sp³-hybridized carbons (Fsp3) is 0.652. The molecule has 0 aromatic heterocycles. The zero-order valence-electron chi connectivity index (χ0n) is 18.0. The highest BCUT2D eigenvalue weighted by molar-refractivity contribution is 8.15. The molecule has 3 rings (SSSR count). The Morgan fingerprint density at radius 1 is 1.28 bits per heavy atom. The first-order valence-electron chi connectivity index (χ1n) is 11.1. The predicted molar refractivity (Wildman–Crippen MR) is 122 cm³/mol. The Morgan fingerprint density at radius 3 is 2.79 bits per heavy atom. The lowest BCUT2D eigenvalue weighted by molar-refractivity contribution is -0.120. The lowest BCUT2D eigenvalue weighted by Gasteiger charge is -2.33. The van der Waals surface area contributed by atoms with Gasteiger partial charge in [0.25, 0.3) is 0 Å². The third-order valence-electron chi connectivity index (χ3n) is 5.69. The van der Waals surface area contributed by atoms with Crippen LogP contribution in [-0.4, -0.2) is 59.4 Å². The van der Waals surface area contributed by atoms with Crippen molar-refractivity contribution in [3.8, 4) is 5.75 Å². The van der Waals surface area contributed by atoms with Gasteiger partial charge in [-0.15, -0.1) is 0 Å². The molecule has 160 valence electrons. The third kappa shape index (κ3) is 6.22. The molecule has 0 aliphatic carbocycles. The van der Waals surface area contributed by atoms with Gasteiger partial charge >= 0.3 is 0 Å². The normalized spacial score (nSPS) is 24.9. The average Bonchev–Trinajstić information content (AvgIpc) is 3.13. The van der Waals surface area contributed by atoms with Crippen LogP contribution in [-0.2, 0) is 4.79 Å². The quantitative estimate of drug-likeness (QED) is 0.615. The molecule has 1 aromatic carbocycles. The topological polar surface area (TPSA) is 53.9 Å². The highest BCUT2D eigenvalue weighted by Crippen LogP contribution is 2.31. The van der Waals surface area contributed by atoms with Crippen molar-refractivity contribution in [3.63, 3.8) is 0 Å². The first kappa shape index (κ1) is 22.2. The predicted octanol–water partition coefficient (Wildman–Crippen LogP) is 4.11. The first-order valence-corrected chi connectivity index (χ1v) is 12.0. The van der Waals surface area contributed by atoms with Gasteiger partial charge in [-0.25, -0.2) is 0 Å². The Hall–Kier alpha value is -1.53. The molecule has 1 aromatic rings. The zero-order chi connectivity index (χ0) is 20.6. The van der Waals surface area contributed by atoms with Crippen LogP contribution >= 0.6 is 11.8 Å². The molecule has 2 aliphatic rings. The number of hydrogen-bond donors (Lipinski definition) is 1. The van der Waals surface area contributed by atoms with Crippen molar-refractivity contribution in [1.82, 2.24) is 10.2 Å². The largest absolute Gasteiger partial charge is 0.494 e. The van der Waals surface area contributed by atoms with Crippen molar-refractivity contribution < 1.29 is 9.53 Å². The summed E-state index contributed by atoms with van der Waals surface area (Å²) < 4.78 is 5.64. The van der Waals surface area contributed by atoms with E-state index in [1.54, 1.807) is 11.8 Å². The summed E-state index contributed by atoms with van der Waals surface area (Å²) in [6.07, 6.45) is 5.96. The Bertz CT molecular complexity index is 692. The molecule has 3 unspecified atom stereocenters. The minimum atomic E-state index is -0.144. The number of piperidine rings is 1. The second kappa shape index (κ2) is 11.0. The highest BCUT2D eigenvalue weighted by Gasteiger charge is 2.33. The highest BCUT2D eigenvalue weighted by atomic mass is 32.2. The number of aliphatic imine (C=N–C) groups is 1. The molecule has 5 nitrogen and oxygen atoms in total. The Kier molecular flexibility index (Phi) is 8.42. The van der Waals surface area contributed by atoms with E-state index in [9.17, 15) is 4.79 Å². The molecule has 1 fully saturated rings. The van der Waals surface area contributed by atoms with Crippen molar-refractivity contribution in [2.24, 2.45) is 4.99 Å². The molecule has 0 radical (unpaired) electrons. The van der Waals surface area contributed by atoms with E-state index in [-0.39, 0.29) is 17.2 Å². The summed E-state index contributed by atoms with van der Waals surface area (Å²) in [5.74, 6) is 0.986. The van der Waals surface area contributed by atoms with E-state index in [1.807, 2.05) is 31.2 Å². The molecule has 29 heavy (non-hydrogen) atoms. The van der Waals surface area contributed by atoms with Crippen LogP contribution < -0.4 is 10.1 Å². The summed E-state index contributed by atoms with van der Waals surface area (Å²) in [5.41, 5.74) is 1.06. The summed E-state index contributed by atoms with van der Waals surface area (Å²) in [7, 11) is 0. The second-order valence-electron chi connectivity index (χ2n) is 8.11. The van der Waals surface area contributed by atoms with Gasteiger partial charge in [-0.2, -0.15) is 0 Å². The van der Waals surface area contributed by atoms with Crippen LogP contribution in [0.2, 0.25) is 0 Å². The van der Waals surface area contributed by atoms with E-state index < -0.39 is 0 Å². The number of likely N-dealkylation sites (tertiary alicyclic amines) is 1. The molecule has 3 atom stereocenters. The van der Waals surface area contributed by atoms with Crippen molar-refractivity contribution >= 4 is 22.7 Å². The van der Waals surface area contributed by atoms with E-state index in [4.69, 9.17) is 9.73 Å². The maximum atomic E-state index is 12.7. The zero-order valence-corrected chi connectivity index (χ0v) is 18.8. The van der Waals surface area contributed by atoms with Crippen molar-refractivity contribution in [2.45, 2.75) is 70.2 Å². The standard InChI is InChI=1S/C23H35N3O2S/c1-4-16-28-20-11-9-19(10-12-20)23-25-18(3)21(29-23)22(27)24-13-7-15-26-14-6-5-8-17(26)2/h9-12,17-18,21H,4-8,13-16H2,1-3H3,(H,24,27). The lowest BCUT2D eigenvalue weighted by atomic mass is 10.0. The van der Waals surface area contributed by atoms with Crippen molar-refractivity contribution in [2.75, 3.05) is 26.2 Å². The number of ether oxygens (including phenoxy) is 1. The van der Waals surface area contributed by atoms with Crippen molar-refractivity contribution in [3.05, 3.63) is 29.8 Å². The summed E-state index contributed by atoms with van der Waals surface area (Å²) in [6, 6.07) is 8.70. The number of nitrogens with one attached hydrogen (secondary N) is 1. The number of carbonyl (C=O) groups excluding carboxylic acids is 1. The summed E-state index contributed by atoms with van der Waals surface area (Å²) in [6.45, 7) is 10.2. The third-order valence-corrected chi connectivity index (χ3v) is 7.12. The first-order chi connectivity index (χ1) is 14.1. The summed E-state index contributed by atoms with van der Waals surface area (Å²) in [4.78, 5) is 20.0. The molecule has 0 spiro atoms. The van der Waals surface area contributed by atoms with Crippen LogP contribution in [0.1, 0.15) is 58.4 Å². The average molecular weight is 418 g/mol. The molecular formula is C23H35N3O2S. The number of thioether (sulfide) groups is 1. The number of amides is 1. The fourth-order valence-corrected chi connectivity index (χ4v) is 5.10. The maximum absolute atomic E-state index is 12.7. The monoisotopic (exact) mass is 417 g/mol. The Labute approximate surface area is 179 Å². The summed E-state index contributed by atoms with van der Waals surface area (Å²) in [5, 5.41) is 3.94. The van der Waals surface area contributed by atoms with Gasteiger partial charge < -0.3 is 15.0 Å². The van der Waals surface area contributed by atoms with E-state index in [2.05, 4.69) is 24.1 Å². The van der Waals surface area contributed by atoms with Gasteiger partial charge in [0.1, 0.15) is 11.0 Å². The smallest absolute Gasteiger partial charge is 0.235 e. The van der Waals surface area contributed by atoms with Crippen LogP contribution in [0.4, 0.5) is 0 Å². The molecule has 2 heterocycles. The lowest BCUT2D eigenvalue weighted by Crippen LogP contribution is -2.41. The number of hydrogen-bond acceptors (Lipinski definition) is 5. The Balaban J connectivity index is 1.43. The van der Waals surface area contributed by atoms with Crippen LogP contribution in [0.15, 0.2) is 29.3 Å².